The monoisotopic (exact) mass is 324 g/mol. The van der Waals surface area contributed by atoms with Gasteiger partial charge in [0, 0.05) is 31.0 Å². The Hall–Kier alpha value is -2.04. The van der Waals surface area contributed by atoms with E-state index in [1.807, 2.05) is 48.5 Å². The first kappa shape index (κ1) is 14.9. The van der Waals surface area contributed by atoms with Gasteiger partial charge in [0.1, 0.15) is 0 Å². The molecule has 2 nitrogen and oxygen atoms in total. The van der Waals surface area contributed by atoms with Gasteiger partial charge in [-0.15, -0.1) is 0 Å². The molecule has 0 saturated carbocycles. The van der Waals surface area contributed by atoms with Crippen molar-refractivity contribution < 1.29 is 0 Å². The van der Waals surface area contributed by atoms with Gasteiger partial charge in [0.2, 0.25) is 0 Å². The number of benzene rings is 3. The average Bonchev–Trinajstić information content (AvgIpc) is 2.54. The van der Waals surface area contributed by atoms with Crippen molar-refractivity contribution in [3.05, 3.63) is 72.8 Å². The molecular formula is C18H16N2S2. The van der Waals surface area contributed by atoms with E-state index < -0.39 is 0 Å². The third-order valence-electron chi connectivity index (χ3n) is 3.06. The molecule has 0 fully saturated rings. The average molecular weight is 324 g/mol. The van der Waals surface area contributed by atoms with Crippen molar-refractivity contribution in [2.75, 3.05) is 11.5 Å². The second kappa shape index (κ2) is 6.81. The maximum absolute atomic E-state index is 5.70. The molecule has 110 valence electrons. The Bertz CT molecular complexity index is 669. The molecule has 0 bridgehead atoms. The third kappa shape index (κ3) is 4.00. The molecule has 0 saturated heterocycles. The van der Waals surface area contributed by atoms with Gasteiger partial charge >= 0.3 is 0 Å². The van der Waals surface area contributed by atoms with Crippen LogP contribution in [0.2, 0.25) is 0 Å². The molecule has 0 spiro atoms. The lowest BCUT2D eigenvalue weighted by Crippen LogP contribution is -1.83. The second-order valence-electron chi connectivity index (χ2n) is 4.81. The summed E-state index contributed by atoms with van der Waals surface area (Å²) in [6, 6.07) is 24.4. The van der Waals surface area contributed by atoms with Crippen LogP contribution in [-0.4, -0.2) is 0 Å². The summed E-state index contributed by atoms with van der Waals surface area (Å²) in [6.07, 6.45) is 0. The quantitative estimate of drug-likeness (QED) is 0.651. The Morgan fingerprint density at radius 1 is 0.409 bits per heavy atom. The van der Waals surface area contributed by atoms with Crippen LogP contribution >= 0.6 is 23.5 Å². The van der Waals surface area contributed by atoms with Crippen LogP contribution in [0.3, 0.4) is 0 Å². The largest absolute Gasteiger partial charge is 0.399 e. The van der Waals surface area contributed by atoms with Crippen LogP contribution in [-0.2, 0) is 0 Å². The SMILES string of the molecule is Nc1ccc(Sc2ccc(Sc3ccc(N)cc3)cc2)cc1. The zero-order valence-electron chi connectivity index (χ0n) is 11.9. The number of anilines is 2. The lowest BCUT2D eigenvalue weighted by Gasteiger charge is -2.05. The zero-order chi connectivity index (χ0) is 15.4. The van der Waals surface area contributed by atoms with Gasteiger partial charge in [-0.05, 0) is 72.8 Å². The van der Waals surface area contributed by atoms with E-state index in [-0.39, 0.29) is 0 Å². The van der Waals surface area contributed by atoms with Gasteiger partial charge in [-0.3, -0.25) is 0 Å². The van der Waals surface area contributed by atoms with Gasteiger partial charge in [0.15, 0.2) is 0 Å². The molecule has 0 atom stereocenters. The van der Waals surface area contributed by atoms with Crippen molar-refractivity contribution in [1.29, 1.82) is 0 Å². The maximum Gasteiger partial charge on any atom is 0.0314 e. The van der Waals surface area contributed by atoms with E-state index in [0.29, 0.717) is 0 Å². The number of rotatable bonds is 4. The van der Waals surface area contributed by atoms with Crippen molar-refractivity contribution in [3.8, 4) is 0 Å². The van der Waals surface area contributed by atoms with E-state index in [4.69, 9.17) is 11.5 Å². The van der Waals surface area contributed by atoms with E-state index in [1.165, 1.54) is 19.6 Å². The summed E-state index contributed by atoms with van der Waals surface area (Å²) in [4.78, 5) is 4.80. The highest BCUT2D eigenvalue weighted by Crippen LogP contribution is 2.32. The normalized spacial score (nSPS) is 10.5. The molecular weight excluding hydrogens is 308 g/mol. The van der Waals surface area contributed by atoms with E-state index in [2.05, 4.69) is 24.3 Å². The molecule has 0 aliphatic heterocycles. The van der Waals surface area contributed by atoms with E-state index in [9.17, 15) is 0 Å². The maximum atomic E-state index is 5.70. The van der Waals surface area contributed by atoms with Crippen LogP contribution in [0, 0.1) is 0 Å². The van der Waals surface area contributed by atoms with Crippen LogP contribution in [0.25, 0.3) is 0 Å². The van der Waals surface area contributed by atoms with Crippen molar-refractivity contribution in [3.63, 3.8) is 0 Å². The summed E-state index contributed by atoms with van der Waals surface area (Å²) >= 11 is 3.46. The second-order valence-corrected chi connectivity index (χ2v) is 7.11. The van der Waals surface area contributed by atoms with Gasteiger partial charge in [-0.1, -0.05) is 23.5 Å². The summed E-state index contributed by atoms with van der Waals surface area (Å²) in [6.45, 7) is 0. The van der Waals surface area contributed by atoms with Gasteiger partial charge in [-0.25, -0.2) is 0 Å². The number of nitrogen functional groups attached to an aromatic ring is 2. The predicted octanol–water partition coefficient (Wildman–Crippen LogP) is 5.15. The minimum absolute atomic E-state index is 0.791. The summed E-state index contributed by atoms with van der Waals surface area (Å²) < 4.78 is 0. The highest BCUT2D eigenvalue weighted by molar-refractivity contribution is 7.99. The first-order valence-electron chi connectivity index (χ1n) is 6.86. The molecule has 0 aromatic heterocycles. The van der Waals surface area contributed by atoms with Crippen molar-refractivity contribution in [1.82, 2.24) is 0 Å². The Kier molecular flexibility index (Phi) is 4.61. The highest BCUT2D eigenvalue weighted by atomic mass is 32.2. The zero-order valence-corrected chi connectivity index (χ0v) is 13.5. The van der Waals surface area contributed by atoms with Crippen LogP contribution in [0.1, 0.15) is 0 Å². The molecule has 4 N–H and O–H groups in total. The summed E-state index contributed by atoms with van der Waals surface area (Å²) in [5.74, 6) is 0. The van der Waals surface area contributed by atoms with Gasteiger partial charge in [0.25, 0.3) is 0 Å². The van der Waals surface area contributed by atoms with Gasteiger partial charge in [0.05, 0.1) is 0 Å². The minimum atomic E-state index is 0.791. The van der Waals surface area contributed by atoms with E-state index in [1.54, 1.807) is 23.5 Å². The lowest BCUT2D eigenvalue weighted by atomic mass is 10.3. The molecule has 3 aromatic rings. The molecule has 0 radical (unpaired) electrons. The fourth-order valence-electron chi connectivity index (χ4n) is 1.92. The molecule has 0 heterocycles. The van der Waals surface area contributed by atoms with Crippen LogP contribution < -0.4 is 11.5 Å². The summed E-state index contributed by atoms with van der Waals surface area (Å²) in [5, 5.41) is 0. The Morgan fingerprint density at radius 3 is 0.909 bits per heavy atom. The van der Waals surface area contributed by atoms with Crippen LogP contribution in [0.4, 0.5) is 11.4 Å². The number of nitrogens with two attached hydrogens (primary N) is 2. The molecule has 3 aromatic carbocycles. The Morgan fingerprint density at radius 2 is 0.636 bits per heavy atom. The standard InChI is InChI=1S/C18H16N2S2/c19-13-1-5-15(6-2-13)21-17-9-11-18(12-10-17)22-16-7-3-14(20)4-8-16/h1-12H,19-20H2. The van der Waals surface area contributed by atoms with Crippen molar-refractivity contribution in [2.45, 2.75) is 19.6 Å². The predicted molar refractivity (Wildman–Crippen MR) is 96.4 cm³/mol. The summed E-state index contributed by atoms with van der Waals surface area (Å²) in [7, 11) is 0. The summed E-state index contributed by atoms with van der Waals surface area (Å²) in [5.41, 5.74) is 13.0. The highest BCUT2D eigenvalue weighted by Gasteiger charge is 2.00. The lowest BCUT2D eigenvalue weighted by molar-refractivity contribution is 1.33. The fraction of sp³-hybridized carbons (Fsp3) is 0. The Balaban J connectivity index is 1.67. The topological polar surface area (TPSA) is 52.0 Å². The van der Waals surface area contributed by atoms with Gasteiger partial charge < -0.3 is 11.5 Å². The van der Waals surface area contributed by atoms with Crippen molar-refractivity contribution >= 4 is 34.9 Å². The molecule has 4 heteroatoms. The molecule has 0 aliphatic rings. The van der Waals surface area contributed by atoms with Crippen molar-refractivity contribution in [2.24, 2.45) is 0 Å². The minimum Gasteiger partial charge on any atom is -0.399 e. The smallest absolute Gasteiger partial charge is 0.0314 e. The molecule has 3 rings (SSSR count). The van der Waals surface area contributed by atoms with Crippen LogP contribution in [0.5, 0.6) is 0 Å². The van der Waals surface area contributed by atoms with Gasteiger partial charge in [-0.2, -0.15) is 0 Å². The number of hydrogen-bond acceptors (Lipinski definition) is 4. The molecule has 22 heavy (non-hydrogen) atoms. The van der Waals surface area contributed by atoms with E-state index >= 15 is 0 Å². The first-order chi connectivity index (χ1) is 10.7. The molecule has 0 aliphatic carbocycles. The van der Waals surface area contributed by atoms with Crippen LogP contribution in [0.15, 0.2) is 92.4 Å². The third-order valence-corrected chi connectivity index (χ3v) is 5.09. The fourth-order valence-corrected chi connectivity index (χ4v) is 3.55. The molecule has 0 amide bonds. The molecule has 0 unspecified atom stereocenters. The number of hydrogen-bond donors (Lipinski definition) is 2. The first-order valence-corrected chi connectivity index (χ1v) is 8.49. The Labute approximate surface area is 138 Å². The van der Waals surface area contributed by atoms with E-state index in [0.717, 1.165) is 11.4 Å².